The number of nitrogens with one attached hydrogen (secondary N) is 1. The topological polar surface area (TPSA) is 72.9 Å². The van der Waals surface area contributed by atoms with Crippen LogP contribution in [-0.2, 0) is 11.3 Å². The summed E-state index contributed by atoms with van der Waals surface area (Å²) >= 11 is 0. The van der Waals surface area contributed by atoms with Crippen LogP contribution in [0.5, 0.6) is 0 Å². The number of fused-ring (bicyclic) bond motifs is 1. The molecule has 0 saturated heterocycles. The molecule has 7 heteroatoms. The van der Waals surface area contributed by atoms with Gasteiger partial charge in [0.25, 0.3) is 0 Å². The summed E-state index contributed by atoms with van der Waals surface area (Å²) in [6.07, 6.45) is 2.46. The first kappa shape index (κ1) is 16.5. The number of halogens is 2. The van der Waals surface area contributed by atoms with E-state index >= 15 is 0 Å². The Hall–Kier alpha value is -2.96. The van der Waals surface area contributed by atoms with E-state index in [0.717, 1.165) is 5.69 Å². The molecule has 5 nitrogen and oxygen atoms in total. The van der Waals surface area contributed by atoms with Gasteiger partial charge in [-0.15, -0.1) is 0 Å². The van der Waals surface area contributed by atoms with Crippen LogP contribution in [0.1, 0.15) is 13.3 Å². The van der Waals surface area contributed by atoms with Crippen molar-refractivity contribution in [3.8, 4) is 11.3 Å². The van der Waals surface area contributed by atoms with Crippen molar-refractivity contribution in [3.05, 3.63) is 42.5 Å². The van der Waals surface area contributed by atoms with E-state index in [9.17, 15) is 13.6 Å². The van der Waals surface area contributed by atoms with Crippen LogP contribution in [0.2, 0.25) is 0 Å². The molecule has 0 spiro atoms. The number of aryl methyl sites for hydroxylation is 1. The van der Waals surface area contributed by atoms with Crippen LogP contribution in [-0.4, -0.2) is 21.6 Å². The highest BCUT2D eigenvalue weighted by Gasteiger charge is 2.43. The van der Waals surface area contributed by atoms with Gasteiger partial charge in [-0.2, -0.15) is 0 Å². The molecule has 134 valence electrons. The van der Waals surface area contributed by atoms with Crippen molar-refractivity contribution < 1.29 is 13.6 Å². The third kappa shape index (κ3) is 2.69. The van der Waals surface area contributed by atoms with E-state index in [2.05, 4.69) is 10.3 Å². The lowest BCUT2D eigenvalue weighted by atomic mass is 10.0. The first-order chi connectivity index (χ1) is 12.5. The van der Waals surface area contributed by atoms with E-state index < -0.39 is 17.9 Å². The summed E-state index contributed by atoms with van der Waals surface area (Å²) in [5, 5.41) is 3.73. The number of nitrogens with two attached hydrogens (primary N) is 1. The SMILES string of the molecule is CCn1cccc1-c1cc2cc(NC(=O)C3CC3F)ncc2c(N)c1F. The fourth-order valence-corrected chi connectivity index (χ4v) is 3.14. The van der Waals surface area contributed by atoms with Gasteiger partial charge in [0.05, 0.1) is 17.3 Å². The number of nitrogen functional groups attached to an aromatic ring is 1. The molecule has 26 heavy (non-hydrogen) atoms. The van der Waals surface area contributed by atoms with E-state index in [0.29, 0.717) is 28.7 Å². The predicted octanol–water partition coefficient (Wildman–Crippen LogP) is 3.74. The molecule has 1 saturated carbocycles. The van der Waals surface area contributed by atoms with Crippen molar-refractivity contribution in [1.29, 1.82) is 0 Å². The van der Waals surface area contributed by atoms with Crippen molar-refractivity contribution >= 4 is 28.2 Å². The number of hydrogen-bond donors (Lipinski definition) is 2. The molecule has 1 fully saturated rings. The molecule has 0 bridgehead atoms. The van der Waals surface area contributed by atoms with Crippen molar-refractivity contribution in [2.24, 2.45) is 5.92 Å². The summed E-state index contributed by atoms with van der Waals surface area (Å²) in [5.74, 6) is -1.19. The summed E-state index contributed by atoms with van der Waals surface area (Å²) < 4.78 is 29.7. The maximum atomic E-state index is 14.8. The number of carbonyl (C=O) groups excluding carboxylic acids is 1. The lowest BCUT2D eigenvalue weighted by molar-refractivity contribution is -0.117. The Morgan fingerprint density at radius 3 is 2.92 bits per heavy atom. The number of pyridine rings is 1. The molecule has 1 aliphatic carbocycles. The van der Waals surface area contributed by atoms with Gasteiger partial charge < -0.3 is 15.6 Å². The summed E-state index contributed by atoms with van der Waals surface area (Å²) in [6, 6.07) is 6.99. The molecule has 4 rings (SSSR count). The molecule has 2 atom stereocenters. The molecule has 3 aromatic rings. The highest BCUT2D eigenvalue weighted by Crippen LogP contribution is 2.36. The number of hydrogen-bond acceptors (Lipinski definition) is 3. The largest absolute Gasteiger partial charge is 0.396 e. The molecular formula is C19H18F2N4O. The molecule has 2 aromatic heterocycles. The van der Waals surface area contributed by atoms with Gasteiger partial charge >= 0.3 is 0 Å². The Kier molecular flexibility index (Phi) is 3.86. The van der Waals surface area contributed by atoms with Crippen LogP contribution in [0.3, 0.4) is 0 Å². The second-order valence-corrected chi connectivity index (χ2v) is 6.47. The quantitative estimate of drug-likeness (QED) is 0.700. The number of carbonyl (C=O) groups is 1. The molecule has 1 aliphatic rings. The summed E-state index contributed by atoms with van der Waals surface area (Å²) in [6.45, 7) is 2.67. The third-order valence-electron chi connectivity index (χ3n) is 4.75. The van der Waals surface area contributed by atoms with Crippen LogP contribution in [0.15, 0.2) is 36.7 Å². The minimum absolute atomic E-state index is 0.0118. The van der Waals surface area contributed by atoms with Gasteiger partial charge in [0.2, 0.25) is 5.91 Å². The second kappa shape index (κ2) is 6.09. The lowest BCUT2D eigenvalue weighted by Gasteiger charge is -2.13. The minimum Gasteiger partial charge on any atom is -0.396 e. The zero-order chi connectivity index (χ0) is 18.4. The van der Waals surface area contributed by atoms with Gasteiger partial charge in [-0.3, -0.25) is 4.79 Å². The summed E-state index contributed by atoms with van der Waals surface area (Å²) in [5.41, 5.74) is 7.10. The predicted molar refractivity (Wildman–Crippen MR) is 96.8 cm³/mol. The van der Waals surface area contributed by atoms with Gasteiger partial charge in [-0.1, -0.05) is 0 Å². The van der Waals surface area contributed by atoms with Crippen molar-refractivity contribution in [3.63, 3.8) is 0 Å². The van der Waals surface area contributed by atoms with Gasteiger partial charge in [-0.05, 0) is 43.0 Å². The molecule has 1 amide bonds. The molecule has 0 radical (unpaired) electrons. The van der Waals surface area contributed by atoms with E-state index in [1.165, 1.54) is 6.20 Å². The fourth-order valence-electron chi connectivity index (χ4n) is 3.14. The van der Waals surface area contributed by atoms with Crippen LogP contribution < -0.4 is 11.1 Å². The van der Waals surface area contributed by atoms with Gasteiger partial charge in [0.15, 0.2) is 5.82 Å². The fraction of sp³-hybridized carbons (Fsp3) is 0.263. The average Bonchev–Trinajstić information content (AvgIpc) is 3.18. The van der Waals surface area contributed by atoms with E-state index in [1.807, 2.05) is 29.8 Å². The Morgan fingerprint density at radius 2 is 2.23 bits per heavy atom. The van der Waals surface area contributed by atoms with Crippen LogP contribution in [0.25, 0.3) is 22.0 Å². The van der Waals surface area contributed by atoms with E-state index in [-0.39, 0.29) is 18.0 Å². The highest BCUT2D eigenvalue weighted by molar-refractivity contribution is 6.00. The second-order valence-electron chi connectivity index (χ2n) is 6.47. The molecule has 1 aromatic carbocycles. The lowest BCUT2D eigenvalue weighted by Crippen LogP contribution is -2.15. The first-order valence-corrected chi connectivity index (χ1v) is 8.47. The minimum atomic E-state index is -1.08. The standard InChI is InChI=1S/C19H18F2N4O/c1-2-25-5-3-4-15(25)12-6-10-7-16(24-19(26)11-8-14(11)20)23-9-13(10)18(22)17(12)21/h3-7,9,11,14H,2,8,22H2,1H3,(H,23,24,26). The number of amides is 1. The molecule has 2 unspecified atom stereocenters. The van der Waals surface area contributed by atoms with Gasteiger partial charge in [0, 0.05) is 29.9 Å². The van der Waals surface area contributed by atoms with Crippen LogP contribution in [0, 0.1) is 11.7 Å². The highest BCUT2D eigenvalue weighted by atomic mass is 19.1. The molecule has 2 heterocycles. The number of anilines is 2. The smallest absolute Gasteiger partial charge is 0.231 e. The van der Waals surface area contributed by atoms with Crippen molar-refractivity contribution in [2.75, 3.05) is 11.1 Å². The molecule has 3 N–H and O–H groups in total. The molecular weight excluding hydrogens is 338 g/mol. The van der Waals surface area contributed by atoms with Gasteiger partial charge in [0.1, 0.15) is 12.0 Å². The normalized spacial score (nSPS) is 18.9. The first-order valence-electron chi connectivity index (χ1n) is 8.47. The monoisotopic (exact) mass is 356 g/mol. The zero-order valence-electron chi connectivity index (χ0n) is 14.2. The molecule has 0 aliphatic heterocycles. The maximum absolute atomic E-state index is 14.8. The Morgan fingerprint density at radius 1 is 1.46 bits per heavy atom. The summed E-state index contributed by atoms with van der Waals surface area (Å²) in [7, 11) is 0. The number of rotatable bonds is 4. The number of benzene rings is 1. The van der Waals surface area contributed by atoms with E-state index in [4.69, 9.17) is 5.73 Å². The Balaban J connectivity index is 1.77. The maximum Gasteiger partial charge on any atom is 0.231 e. The van der Waals surface area contributed by atoms with E-state index in [1.54, 1.807) is 12.1 Å². The number of alkyl halides is 1. The Labute approximate surface area is 148 Å². The number of aromatic nitrogens is 2. The zero-order valence-corrected chi connectivity index (χ0v) is 14.2. The average molecular weight is 356 g/mol. The van der Waals surface area contributed by atoms with Crippen molar-refractivity contribution in [2.45, 2.75) is 26.1 Å². The van der Waals surface area contributed by atoms with Crippen LogP contribution >= 0.6 is 0 Å². The van der Waals surface area contributed by atoms with Crippen molar-refractivity contribution in [1.82, 2.24) is 9.55 Å². The number of nitrogens with zero attached hydrogens (tertiary/aromatic N) is 2. The Bertz CT molecular complexity index is 1010. The van der Waals surface area contributed by atoms with Crippen LogP contribution in [0.4, 0.5) is 20.3 Å². The van der Waals surface area contributed by atoms with Gasteiger partial charge in [-0.25, -0.2) is 13.8 Å². The third-order valence-corrected chi connectivity index (χ3v) is 4.75. The summed E-state index contributed by atoms with van der Waals surface area (Å²) in [4.78, 5) is 16.0.